The third-order valence-corrected chi connectivity index (χ3v) is 6.72. The summed E-state index contributed by atoms with van der Waals surface area (Å²) in [7, 11) is -4.21. The fourth-order valence-electron chi connectivity index (χ4n) is 2.69. The van der Waals surface area contributed by atoms with Gasteiger partial charge in [-0.25, -0.2) is 22.2 Å². The number of piperazine rings is 1. The van der Waals surface area contributed by atoms with E-state index in [4.69, 9.17) is 11.6 Å². The fraction of sp³-hybridized carbons (Fsp3) is 0.250. The molecule has 144 valence electrons. The van der Waals surface area contributed by atoms with Gasteiger partial charge in [0.2, 0.25) is 10.0 Å². The van der Waals surface area contributed by atoms with Gasteiger partial charge in [0.15, 0.2) is 0 Å². The minimum Gasteiger partial charge on any atom is -0.336 e. The summed E-state index contributed by atoms with van der Waals surface area (Å²) in [4.78, 5) is 17.2. The van der Waals surface area contributed by atoms with Crippen molar-refractivity contribution in [2.45, 2.75) is 4.90 Å². The number of pyridine rings is 1. The fourth-order valence-corrected chi connectivity index (χ4v) is 4.70. The summed E-state index contributed by atoms with van der Waals surface area (Å²) in [5.41, 5.74) is 0.193. The van der Waals surface area contributed by atoms with Crippen LogP contribution in [0.25, 0.3) is 0 Å². The first-order valence-corrected chi connectivity index (χ1v) is 10.4. The number of rotatable bonds is 3. The Kier molecular flexibility index (Phi) is 5.80. The van der Waals surface area contributed by atoms with E-state index in [0.29, 0.717) is 10.5 Å². The molecule has 27 heavy (non-hydrogen) atoms. The first-order chi connectivity index (χ1) is 12.7. The second-order valence-corrected chi connectivity index (χ2v) is 8.94. The van der Waals surface area contributed by atoms with E-state index in [9.17, 15) is 22.0 Å². The van der Waals surface area contributed by atoms with Crippen molar-refractivity contribution in [3.05, 3.63) is 57.3 Å². The Hall–Kier alpha value is -1.62. The van der Waals surface area contributed by atoms with E-state index in [1.807, 2.05) is 0 Å². The highest BCUT2D eigenvalue weighted by atomic mass is 79.9. The second-order valence-electron chi connectivity index (χ2n) is 5.76. The maximum atomic E-state index is 13.9. The number of hydrogen-bond donors (Lipinski definition) is 0. The average molecular weight is 481 g/mol. The Morgan fingerprint density at radius 3 is 2.48 bits per heavy atom. The van der Waals surface area contributed by atoms with Crippen LogP contribution in [0, 0.1) is 11.6 Å². The van der Waals surface area contributed by atoms with Gasteiger partial charge in [0.25, 0.3) is 5.91 Å². The predicted molar refractivity (Wildman–Crippen MR) is 98.0 cm³/mol. The third kappa shape index (κ3) is 4.13. The van der Waals surface area contributed by atoms with E-state index in [1.165, 1.54) is 17.2 Å². The highest BCUT2D eigenvalue weighted by molar-refractivity contribution is 9.10. The zero-order valence-corrected chi connectivity index (χ0v) is 16.9. The predicted octanol–water partition coefficient (Wildman–Crippen LogP) is 2.92. The minimum absolute atomic E-state index is 0.0417. The summed E-state index contributed by atoms with van der Waals surface area (Å²) < 4.78 is 54.0. The Labute approximate surface area is 167 Å². The number of hydrogen-bond acceptors (Lipinski definition) is 4. The van der Waals surface area contributed by atoms with Crippen LogP contribution in [0.5, 0.6) is 0 Å². The van der Waals surface area contributed by atoms with Crippen LogP contribution in [-0.2, 0) is 10.0 Å². The van der Waals surface area contributed by atoms with Crippen LogP contribution in [0.1, 0.15) is 10.4 Å². The normalized spacial score (nSPS) is 15.8. The lowest BCUT2D eigenvalue weighted by Gasteiger charge is -2.34. The molecule has 1 aromatic heterocycles. The lowest BCUT2D eigenvalue weighted by atomic mass is 10.2. The van der Waals surface area contributed by atoms with Gasteiger partial charge >= 0.3 is 0 Å². The van der Waals surface area contributed by atoms with Crippen molar-refractivity contribution in [1.29, 1.82) is 0 Å². The summed E-state index contributed by atoms with van der Waals surface area (Å²) in [6, 6.07) is 3.79. The summed E-state index contributed by atoms with van der Waals surface area (Å²) in [5.74, 6) is -2.26. The summed E-state index contributed by atoms with van der Waals surface area (Å²) in [5, 5.41) is 0.0417. The van der Waals surface area contributed by atoms with Crippen LogP contribution in [0.3, 0.4) is 0 Å². The van der Waals surface area contributed by atoms with Gasteiger partial charge in [-0.1, -0.05) is 11.6 Å². The van der Waals surface area contributed by atoms with E-state index in [1.54, 1.807) is 0 Å². The highest BCUT2D eigenvalue weighted by Gasteiger charge is 2.33. The standard InChI is InChI=1S/C16H13BrClF2N3O3S/c17-10-7-12(15(18)21-9-10)16(24)22-3-5-23(6-4-22)27(25,26)14-8-11(19)1-2-13(14)20/h1-2,7-9H,3-6H2. The van der Waals surface area contributed by atoms with E-state index in [0.717, 1.165) is 16.4 Å². The molecule has 2 aromatic rings. The number of sulfonamides is 1. The van der Waals surface area contributed by atoms with Crippen molar-refractivity contribution in [2.75, 3.05) is 26.2 Å². The minimum atomic E-state index is -4.21. The number of amides is 1. The molecular formula is C16H13BrClF2N3O3S. The molecule has 1 saturated heterocycles. The first kappa shape index (κ1) is 20.1. The van der Waals surface area contributed by atoms with Gasteiger partial charge in [-0.05, 0) is 40.2 Å². The number of halogens is 4. The molecule has 1 amide bonds. The molecule has 2 heterocycles. The maximum absolute atomic E-state index is 13.9. The first-order valence-electron chi connectivity index (χ1n) is 7.75. The van der Waals surface area contributed by atoms with Crippen LogP contribution in [0.15, 0.2) is 39.8 Å². The van der Waals surface area contributed by atoms with E-state index in [-0.39, 0.29) is 42.8 Å². The Morgan fingerprint density at radius 1 is 1.15 bits per heavy atom. The van der Waals surface area contributed by atoms with Crippen molar-refractivity contribution in [3.8, 4) is 0 Å². The maximum Gasteiger partial charge on any atom is 0.257 e. The quantitative estimate of drug-likeness (QED) is 0.634. The molecule has 0 spiro atoms. The van der Waals surface area contributed by atoms with Crippen LogP contribution >= 0.6 is 27.5 Å². The Balaban J connectivity index is 1.76. The molecule has 1 aliphatic heterocycles. The van der Waals surface area contributed by atoms with Gasteiger partial charge in [0, 0.05) is 36.8 Å². The van der Waals surface area contributed by atoms with Crippen molar-refractivity contribution < 1.29 is 22.0 Å². The molecule has 0 N–H and O–H groups in total. The van der Waals surface area contributed by atoms with Gasteiger partial charge in [0.1, 0.15) is 21.7 Å². The number of carbonyl (C=O) groups excluding carboxylic acids is 1. The summed E-state index contributed by atoms with van der Waals surface area (Å²) >= 11 is 9.18. The van der Waals surface area contributed by atoms with Gasteiger partial charge in [0.05, 0.1) is 5.56 Å². The molecule has 0 radical (unpaired) electrons. The SMILES string of the molecule is O=C(c1cc(Br)cnc1Cl)N1CCN(S(=O)(=O)c2cc(F)ccc2F)CC1. The summed E-state index contributed by atoms with van der Waals surface area (Å²) in [6.07, 6.45) is 1.46. The van der Waals surface area contributed by atoms with E-state index >= 15 is 0 Å². The molecule has 1 aliphatic rings. The highest BCUT2D eigenvalue weighted by Crippen LogP contribution is 2.24. The largest absolute Gasteiger partial charge is 0.336 e. The molecular weight excluding hydrogens is 468 g/mol. The van der Waals surface area contributed by atoms with Crippen molar-refractivity contribution in [1.82, 2.24) is 14.2 Å². The third-order valence-electron chi connectivity index (χ3n) is 4.07. The summed E-state index contributed by atoms with van der Waals surface area (Å²) in [6.45, 7) is 0.0574. The number of carbonyl (C=O) groups is 1. The molecule has 0 saturated carbocycles. The second kappa shape index (κ2) is 7.78. The molecule has 11 heteroatoms. The van der Waals surface area contributed by atoms with Gasteiger partial charge in [-0.15, -0.1) is 0 Å². The number of aromatic nitrogens is 1. The van der Waals surface area contributed by atoms with Gasteiger partial charge in [-0.2, -0.15) is 4.31 Å². The van der Waals surface area contributed by atoms with Crippen molar-refractivity contribution in [3.63, 3.8) is 0 Å². The number of nitrogens with zero attached hydrogens (tertiary/aromatic N) is 3. The zero-order chi connectivity index (χ0) is 19.8. The van der Waals surface area contributed by atoms with Gasteiger partial charge < -0.3 is 4.90 Å². The molecule has 0 atom stereocenters. The van der Waals surface area contributed by atoms with Crippen LogP contribution in [-0.4, -0.2) is 54.7 Å². The molecule has 0 unspecified atom stereocenters. The Morgan fingerprint density at radius 2 is 1.81 bits per heavy atom. The van der Waals surface area contributed by atoms with Crippen molar-refractivity contribution in [2.24, 2.45) is 0 Å². The molecule has 1 fully saturated rings. The van der Waals surface area contributed by atoms with Crippen LogP contribution < -0.4 is 0 Å². The smallest absolute Gasteiger partial charge is 0.257 e. The molecule has 3 rings (SSSR count). The lowest BCUT2D eigenvalue weighted by Crippen LogP contribution is -2.50. The average Bonchev–Trinajstić information content (AvgIpc) is 2.65. The molecule has 0 aliphatic carbocycles. The van der Waals surface area contributed by atoms with Gasteiger partial charge in [-0.3, -0.25) is 4.79 Å². The van der Waals surface area contributed by atoms with E-state index < -0.39 is 26.6 Å². The Bertz CT molecular complexity index is 998. The zero-order valence-electron chi connectivity index (χ0n) is 13.7. The van der Waals surface area contributed by atoms with Crippen LogP contribution in [0.2, 0.25) is 5.15 Å². The monoisotopic (exact) mass is 479 g/mol. The van der Waals surface area contributed by atoms with Crippen molar-refractivity contribution >= 4 is 43.5 Å². The molecule has 6 nitrogen and oxygen atoms in total. The van der Waals surface area contributed by atoms with E-state index in [2.05, 4.69) is 20.9 Å². The molecule has 1 aromatic carbocycles. The lowest BCUT2D eigenvalue weighted by molar-refractivity contribution is 0.0697. The van der Waals surface area contributed by atoms with Crippen LogP contribution in [0.4, 0.5) is 8.78 Å². The topological polar surface area (TPSA) is 70.6 Å². The molecule has 0 bridgehead atoms. The number of benzene rings is 1.